The molecule has 0 amide bonds. The molecule has 3 nitrogen and oxygen atoms in total. The van der Waals surface area contributed by atoms with Crippen molar-refractivity contribution in [2.24, 2.45) is 11.8 Å². The molecule has 0 saturated carbocycles. The van der Waals surface area contributed by atoms with Gasteiger partial charge in [-0.3, -0.25) is 0 Å². The van der Waals surface area contributed by atoms with E-state index in [2.05, 4.69) is 37.6 Å². The quantitative estimate of drug-likeness (QED) is 0.888. The molecule has 1 aromatic heterocycles. The van der Waals surface area contributed by atoms with Crippen molar-refractivity contribution >= 4 is 34.8 Å². The lowest BCUT2D eigenvalue weighted by Crippen LogP contribution is -2.32. The SMILES string of the molecule is CC(C)CN(CC(C)C)c1nc(N)c(Cl)cc1Cl. The van der Waals surface area contributed by atoms with Crippen LogP contribution < -0.4 is 10.6 Å². The second-order valence-electron chi connectivity index (χ2n) is 5.35. The fourth-order valence-electron chi connectivity index (χ4n) is 1.82. The molecule has 1 aromatic rings. The van der Waals surface area contributed by atoms with Crippen molar-refractivity contribution in [3.05, 3.63) is 16.1 Å². The smallest absolute Gasteiger partial charge is 0.149 e. The van der Waals surface area contributed by atoms with Crippen LogP contribution in [0.1, 0.15) is 27.7 Å². The van der Waals surface area contributed by atoms with E-state index in [4.69, 9.17) is 28.9 Å². The number of hydrogen-bond donors (Lipinski definition) is 1. The van der Waals surface area contributed by atoms with Crippen molar-refractivity contribution < 1.29 is 0 Å². The number of halogens is 2. The predicted molar refractivity (Wildman–Crippen MR) is 80.6 cm³/mol. The van der Waals surface area contributed by atoms with Gasteiger partial charge in [-0.2, -0.15) is 0 Å². The first-order valence-electron chi connectivity index (χ1n) is 6.17. The highest BCUT2D eigenvalue weighted by Gasteiger charge is 2.16. The van der Waals surface area contributed by atoms with Crippen LogP contribution in [0.2, 0.25) is 10.0 Å². The van der Waals surface area contributed by atoms with E-state index in [1.54, 1.807) is 6.07 Å². The van der Waals surface area contributed by atoms with Gasteiger partial charge >= 0.3 is 0 Å². The zero-order valence-corrected chi connectivity index (χ0v) is 12.9. The number of hydrogen-bond acceptors (Lipinski definition) is 3. The van der Waals surface area contributed by atoms with Crippen molar-refractivity contribution in [2.45, 2.75) is 27.7 Å². The molecule has 1 rings (SSSR count). The van der Waals surface area contributed by atoms with Crippen LogP contribution >= 0.6 is 23.2 Å². The fraction of sp³-hybridized carbons (Fsp3) is 0.615. The van der Waals surface area contributed by atoms with Gasteiger partial charge in [0.15, 0.2) is 0 Å². The molecule has 0 aromatic carbocycles. The van der Waals surface area contributed by atoms with Gasteiger partial charge in [-0.25, -0.2) is 4.98 Å². The van der Waals surface area contributed by atoms with Gasteiger partial charge in [0.05, 0.1) is 10.0 Å². The molecule has 5 heteroatoms. The van der Waals surface area contributed by atoms with Gasteiger partial charge in [-0.05, 0) is 17.9 Å². The molecule has 0 fully saturated rings. The molecule has 0 atom stereocenters. The van der Waals surface area contributed by atoms with Gasteiger partial charge in [0.25, 0.3) is 0 Å². The summed E-state index contributed by atoms with van der Waals surface area (Å²) in [5, 5.41) is 0.952. The minimum absolute atomic E-state index is 0.327. The van der Waals surface area contributed by atoms with E-state index in [1.807, 2.05) is 0 Å². The maximum Gasteiger partial charge on any atom is 0.149 e. The molecular weight excluding hydrogens is 269 g/mol. The summed E-state index contributed by atoms with van der Waals surface area (Å²) in [6.07, 6.45) is 0. The first kappa shape index (κ1) is 15.4. The molecule has 0 bridgehead atoms. The molecule has 0 aliphatic heterocycles. The van der Waals surface area contributed by atoms with Gasteiger partial charge in [-0.1, -0.05) is 50.9 Å². The number of nitrogens with zero attached hydrogens (tertiary/aromatic N) is 2. The topological polar surface area (TPSA) is 42.2 Å². The predicted octanol–water partition coefficient (Wildman–Crippen LogP) is 4.09. The van der Waals surface area contributed by atoms with Crippen LogP contribution in [-0.4, -0.2) is 18.1 Å². The molecule has 1 heterocycles. The standard InChI is InChI=1S/C13H21Cl2N3/c1-8(2)6-18(7-9(3)4)13-11(15)5-10(14)12(16)17-13/h5,8-9H,6-7H2,1-4H3,(H2,16,17). The molecule has 0 spiro atoms. The van der Waals surface area contributed by atoms with Gasteiger partial charge in [0, 0.05) is 13.1 Å². The van der Waals surface area contributed by atoms with Gasteiger partial charge in [0.1, 0.15) is 11.6 Å². The molecule has 18 heavy (non-hydrogen) atoms. The van der Waals surface area contributed by atoms with Crippen LogP contribution in [0.15, 0.2) is 6.07 Å². The molecule has 102 valence electrons. The normalized spacial score (nSPS) is 11.3. The maximum absolute atomic E-state index is 6.22. The lowest BCUT2D eigenvalue weighted by molar-refractivity contribution is 0.549. The zero-order chi connectivity index (χ0) is 13.9. The Morgan fingerprint density at radius 1 is 1.11 bits per heavy atom. The average molecular weight is 290 g/mol. The van der Waals surface area contributed by atoms with Crippen LogP contribution in [0, 0.1) is 11.8 Å². The highest BCUT2D eigenvalue weighted by molar-refractivity contribution is 6.37. The Hall–Kier alpha value is -0.670. The molecule has 0 aliphatic rings. The van der Waals surface area contributed by atoms with E-state index in [0.29, 0.717) is 27.7 Å². The van der Waals surface area contributed by atoms with E-state index in [0.717, 1.165) is 18.9 Å². The Morgan fingerprint density at radius 3 is 2.06 bits per heavy atom. The second kappa shape index (κ2) is 6.48. The number of pyridine rings is 1. The van der Waals surface area contributed by atoms with Crippen molar-refractivity contribution in [3.8, 4) is 0 Å². The number of rotatable bonds is 5. The lowest BCUT2D eigenvalue weighted by atomic mass is 10.1. The summed E-state index contributed by atoms with van der Waals surface area (Å²) < 4.78 is 0. The minimum atomic E-state index is 0.327. The summed E-state index contributed by atoms with van der Waals surface area (Å²) in [6, 6.07) is 1.66. The molecule has 0 unspecified atom stereocenters. The van der Waals surface area contributed by atoms with Crippen LogP contribution in [0.3, 0.4) is 0 Å². The molecule has 0 saturated heterocycles. The first-order valence-corrected chi connectivity index (χ1v) is 6.93. The summed E-state index contributed by atoms with van der Waals surface area (Å²) in [4.78, 5) is 6.49. The third-order valence-corrected chi connectivity index (χ3v) is 2.99. The Morgan fingerprint density at radius 2 is 1.61 bits per heavy atom. The van der Waals surface area contributed by atoms with Crippen LogP contribution in [0.4, 0.5) is 11.6 Å². The Labute approximate surface area is 119 Å². The number of anilines is 2. The first-order chi connectivity index (χ1) is 8.31. The molecular formula is C13H21Cl2N3. The monoisotopic (exact) mass is 289 g/mol. The van der Waals surface area contributed by atoms with Gasteiger partial charge in [0.2, 0.25) is 0 Å². The largest absolute Gasteiger partial charge is 0.382 e. The van der Waals surface area contributed by atoms with Gasteiger partial charge < -0.3 is 10.6 Å². The minimum Gasteiger partial charge on any atom is -0.382 e. The third kappa shape index (κ3) is 4.21. The van der Waals surface area contributed by atoms with Crippen molar-refractivity contribution in [3.63, 3.8) is 0 Å². The van der Waals surface area contributed by atoms with Crippen LogP contribution in [0.25, 0.3) is 0 Å². The van der Waals surface area contributed by atoms with Crippen molar-refractivity contribution in [1.29, 1.82) is 0 Å². The highest BCUT2D eigenvalue weighted by Crippen LogP contribution is 2.30. The number of nitrogen functional groups attached to an aromatic ring is 1. The fourth-order valence-corrected chi connectivity index (χ4v) is 2.30. The number of nitrogens with two attached hydrogens (primary N) is 1. The summed E-state index contributed by atoms with van der Waals surface area (Å²) in [5.74, 6) is 2.10. The van der Waals surface area contributed by atoms with E-state index >= 15 is 0 Å². The summed E-state index contributed by atoms with van der Waals surface area (Å²) in [6.45, 7) is 10.5. The zero-order valence-electron chi connectivity index (χ0n) is 11.4. The van der Waals surface area contributed by atoms with Crippen LogP contribution in [0.5, 0.6) is 0 Å². The molecule has 0 radical (unpaired) electrons. The van der Waals surface area contributed by atoms with E-state index < -0.39 is 0 Å². The average Bonchev–Trinajstić information content (AvgIpc) is 2.21. The Bertz CT molecular complexity index is 395. The summed E-state index contributed by atoms with van der Waals surface area (Å²) >= 11 is 12.1. The lowest BCUT2D eigenvalue weighted by Gasteiger charge is -2.28. The van der Waals surface area contributed by atoms with Crippen LogP contribution in [-0.2, 0) is 0 Å². The second-order valence-corrected chi connectivity index (χ2v) is 6.17. The maximum atomic E-state index is 6.22. The van der Waals surface area contributed by atoms with E-state index in [9.17, 15) is 0 Å². The van der Waals surface area contributed by atoms with Crippen molar-refractivity contribution in [2.75, 3.05) is 23.7 Å². The summed E-state index contributed by atoms with van der Waals surface area (Å²) in [5.41, 5.74) is 5.76. The van der Waals surface area contributed by atoms with Gasteiger partial charge in [-0.15, -0.1) is 0 Å². The Kier molecular flexibility index (Phi) is 5.54. The number of aromatic nitrogens is 1. The third-order valence-electron chi connectivity index (χ3n) is 2.41. The molecule has 0 aliphatic carbocycles. The summed E-state index contributed by atoms with van der Waals surface area (Å²) in [7, 11) is 0. The highest BCUT2D eigenvalue weighted by atomic mass is 35.5. The van der Waals surface area contributed by atoms with E-state index in [-0.39, 0.29) is 0 Å². The van der Waals surface area contributed by atoms with E-state index in [1.165, 1.54) is 0 Å². The van der Waals surface area contributed by atoms with Crippen molar-refractivity contribution in [1.82, 2.24) is 4.98 Å². The Balaban J connectivity index is 3.07. The molecule has 2 N–H and O–H groups in total.